The van der Waals surface area contributed by atoms with Crippen LogP contribution in [0, 0.1) is 0 Å². The standard InChI is InChI=1S/C12H20N2O4/c1-3-5-7-13-11(17)9(15)10(16)12(18)14-8-6-4-2/h5-10,15-16H,3-4H2,1-2H3,(H,13,17)(H,14,18). The highest BCUT2D eigenvalue weighted by Gasteiger charge is 2.29. The minimum absolute atomic E-state index is 0.723. The fraction of sp³-hybridized carbons (Fsp3) is 0.500. The molecular formula is C12H20N2O4. The number of carbonyl (C=O) groups excluding carboxylic acids is 2. The molecule has 0 aromatic heterocycles. The third-order valence-electron chi connectivity index (χ3n) is 1.99. The van der Waals surface area contributed by atoms with Gasteiger partial charge in [-0.2, -0.15) is 0 Å². The van der Waals surface area contributed by atoms with E-state index in [2.05, 4.69) is 10.6 Å². The van der Waals surface area contributed by atoms with E-state index in [1.807, 2.05) is 13.8 Å². The number of nitrogens with one attached hydrogen (secondary N) is 2. The van der Waals surface area contributed by atoms with E-state index in [4.69, 9.17) is 0 Å². The fourth-order valence-corrected chi connectivity index (χ4v) is 0.975. The first-order chi connectivity index (χ1) is 8.54. The molecular weight excluding hydrogens is 236 g/mol. The van der Waals surface area contributed by atoms with Crippen molar-refractivity contribution in [2.75, 3.05) is 0 Å². The second kappa shape index (κ2) is 9.38. The summed E-state index contributed by atoms with van der Waals surface area (Å²) in [5, 5.41) is 23.4. The van der Waals surface area contributed by atoms with Crippen molar-refractivity contribution in [2.24, 2.45) is 0 Å². The largest absolute Gasteiger partial charge is 0.380 e. The molecule has 0 spiro atoms. The zero-order valence-corrected chi connectivity index (χ0v) is 10.6. The number of rotatable bonds is 7. The van der Waals surface area contributed by atoms with Crippen LogP contribution in [-0.4, -0.2) is 34.2 Å². The molecule has 6 heteroatoms. The maximum absolute atomic E-state index is 11.3. The number of allylic oxidation sites excluding steroid dienone is 2. The normalized spacial score (nSPS) is 14.7. The molecule has 0 aliphatic carbocycles. The van der Waals surface area contributed by atoms with Crippen molar-refractivity contribution in [1.82, 2.24) is 10.6 Å². The molecule has 0 heterocycles. The van der Waals surface area contributed by atoms with Crippen molar-refractivity contribution in [3.63, 3.8) is 0 Å². The van der Waals surface area contributed by atoms with Crippen LogP contribution in [0.15, 0.2) is 24.6 Å². The van der Waals surface area contributed by atoms with E-state index in [-0.39, 0.29) is 0 Å². The Morgan fingerprint density at radius 1 is 0.944 bits per heavy atom. The molecule has 0 aliphatic rings. The van der Waals surface area contributed by atoms with Gasteiger partial charge in [0, 0.05) is 0 Å². The van der Waals surface area contributed by atoms with E-state index in [0.29, 0.717) is 0 Å². The topological polar surface area (TPSA) is 98.7 Å². The van der Waals surface area contributed by atoms with Gasteiger partial charge >= 0.3 is 0 Å². The number of aliphatic hydroxyl groups is 2. The van der Waals surface area contributed by atoms with Gasteiger partial charge in [0.25, 0.3) is 11.8 Å². The average molecular weight is 256 g/mol. The summed E-state index contributed by atoms with van der Waals surface area (Å²) < 4.78 is 0. The van der Waals surface area contributed by atoms with E-state index >= 15 is 0 Å². The highest BCUT2D eigenvalue weighted by molar-refractivity contribution is 5.91. The lowest BCUT2D eigenvalue weighted by atomic mass is 10.2. The summed E-state index contributed by atoms with van der Waals surface area (Å²) >= 11 is 0. The van der Waals surface area contributed by atoms with E-state index < -0.39 is 24.0 Å². The summed E-state index contributed by atoms with van der Waals surface area (Å²) in [6, 6.07) is 0. The van der Waals surface area contributed by atoms with Crippen LogP contribution in [0.2, 0.25) is 0 Å². The predicted molar refractivity (Wildman–Crippen MR) is 67.2 cm³/mol. The lowest BCUT2D eigenvalue weighted by molar-refractivity contribution is -0.144. The van der Waals surface area contributed by atoms with Crippen LogP contribution < -0.4 is 10.6 Å². The molecule has 0 radical (unpaired) electrons. The van der Waals surface area contributed by atoms with Gasteiger partial charge in [0.05, 0.1) is 0 Å². The Morgan fingerprint density at radius 3 is 1.56 bits per heavy atom. The molecule has 0 saturated carbocycles. The molecule has 0 rings (SSSR count). The van der Waals surface area contributed by atoms with Crippen molar-refractivity contribution < 1.29 is 19.8 Å². The summed E-state index contributed by atoms with van der Waals surface area (Å²) in [5.74, 6) is -1.66. The molecule has 2 atom stereocenters. The SMILES string of the molecule is CCC=CNC(=O)C(O)C(O)C(=O)NC=CCC. The second-order valence-electron chi connectivity index (χ2n) is 3.53. The molecule has 2 amide bonds. The highest BCUT2D eigenvalue weighted by atomic mass is 16.3. The minimum Gasteiger partial charge on any atom is -0.380 e. The molecule has 6 nitrogen and oxygen atoms in total. The summed E-state index contributed by atoms with van der Waals surface area (Å²) in [4.78, 5) is 22.6. The zero-order valence-electron chi connectivity index (χ0n) is 10.6. The third-order valence-corrected chi connectivity index (χ3v) is 1.99. The van der Waals surface area contributed by atoms with Gasteiger partial charge in [0.15, 0.2) is 12.2 Å². The number of aliphatic hydroxyl groups excluding tert-OH is 2. The maximum Gasteiger partial charge on any atom is 0.256 e. The van der Waals surface area contributed by atoms with Crippen LogP contribution in [0.25, 0.3) is 0 Å². The van der Waals surface area contributed by atoms with Gasteiger partial charge in [-0.3, -0.25) is 9.59 Å². The summed E-state index contributed by atoms with van der Waals surface area (Å²) in [5.41, 5.74) is 0. The number of amides is 2. The average Bonchev–Trinajstić information content (AvgIpc) is 2.37. The molecule has 0 aromatic rings. The molecule has 0 saturated heterocycles. The Balaban J connectivity index is 4.26. The van der Waals surface area contributed by atoms with Gasteiger partial charge in [-0.05, 0) is 25.2 Å². The van der Waals surface area contributed by atoms with Crippen molar-refractivity contribution in [3.05, 3.63) is 24.6 Å². The van der Waals surface area contributed by atoms with Crippen LogP contribution in [0.5, 0.6) is 0 Å². The Hall–Kier alpha value is -1.66. The predicted octanol–water partition coefficient (Wildman–Crippen LogP) is -0.212. The highest BCUT2D eigenvalue weighted by Crippen LogP contribution is 1.95. The summed E-state index contributed by atoms with van der Waals surface area (Å²) in [6.45, 7) is 3.75. The zero-order chi connectivity index (χ0) is 14.0. The quantitative estimate of drug-likeness (QED) is 0.506. The molecule has 2 unspecified atom stereocenters. The lowest BCUT2D eigenvalue weighted by Gasteiger charge is -2.14. The van der Waals surface area contributed by atoms with Crippen molar-refractivity contribution in [3.8, 4) is 0 Å². The maximum atomic E-state index is 11.3. The summed E-state index contributed by atoms with van der Waals surface area (Å²) in [6.07, 6.45) is 3.88. The molecule has 0 aliphatic heterocycles. The van der Waals surface area contributed by atoms with E-state index in [1.54, 1.807) is 12.2 Å². The van der Waals surface area contributed by atoms with Crippen LogP contribution in [0.4, 0.5) is 0 Å². The first-order valence-electron chi connectivity index (χ1n) is 5.81. The van der Waals surface area contributed by atoms with Gasteiger partial charge in [-0.1, -0.05) is 26.0 Å². The molecule has 0 bridgehead atoms. The Morgan fingerprint density at radius 2 is 1.28 bits per heavy atom. The molecule has 0 aromatic carbocycles. The van der Waals surface area contributed by atoms with Crippen LogP contribution in [-0.2, 0) is 9.59 Å². The van der Waals surface area contributed by atoms with E-state index in [1.165, 1.54) is 12.4 Å². The van der Waals surface area contributed by atoms with Crippen LogP contribution in [0.3, 0.4) is 0 Å². The van der Waals surface area contributed by atoms with E-state index in [0.717, 1.165) is 12.8 Å². The first-order valence-corrected chi connectivity index (χ1v) is 5.81. The van der Waals surface area contributed by atoms with Crippen molar-refractivity contribution in [2.45, 2.75) is 38.9 Å². The molecule has 0 fully saturated rings. The van der Waals surface area contributed by atoms with Gasteiger partial charge in [-0.15, -0.1) is 0 Å². The Labute approximate surface area is 106 Å². The Kier molecular flexibility index (Phi) is 8.51. The number of carbonyl (C=O) groups is 2. The van der Waals surface area contributed by atoms with Gasteiger partial charge in [-0.25, -0.2) is 0 Å². The Bertz CT molecular complexity index is 294. The smallest absolute Gasteiger partial charge is 0.256 e. The minimum atomic E-state index is -1.80. The molecule has 102 valence electrons. The molecule has 18 heavy (non-hydrogen) atoms. The van der Waals surface area contributed by atoms with Gasteiger partial charge < -0.3 is 20.8 Å². The second-order valence-corrected chi connectivity index (χ2v) is 3.53. The van der Waals surface area contributed by atoms with Crippen LogP contribution in [0.1, 0.15) is 26.7 Å². The lowest BCUT2D eigenvalue weighted by Crippen LogP contribution is -2.47. The third kappa shape index (κ3) is 6.17. The fourth-order valence-electron chi connectivity index (χ4n) is 0.975. The van der Waals surface area contributed by atoms with Crippen molar-refractivity contribution >= 4 is 11.8 Å². The first kappa shape index (κ1) is 16.3. The number of hydrogen-bond acceptors (Lipinski definition) is 4. The van der Waals surface area contributed by atoms with Crippen LogP contribution >= 0.6 is 0 Å². The number of hydrogen-bond donors (Lipinski definition) is 4. The van der Waals surface area contributed by atoms with Gasteiger partial charge in [0.2, 0.25) is 0 Å². The molecule has 4 N–H and O–H groups in total. The monoisotopic (exact) mass is 256 g/mol. The van der Waals surface area contributed by atoms with Gasteiger partial charge in [0.1, 0.15) is 0 Å². The summed E-state index contributed by atoms with van der Waals surface area (Å²) in [7, 11) is 0. The van der Waals surface area contributed by atoms with Crippen molar-refractivity contribution in [1.29, 1.82) is 0 Å². The van der Waals surface area contributed by atoms with E-state index in [9.17, 15) is 19.8 Å².